The molecule has 0 spiro atoms. The lowest BCUT2D eigenvalue weighted by molar-refractivity contribution is 0.392. The number of rotatable bonds is 5. The van der Waals surface area contributed by atoms with E-state index in [2.05, 4.69) is 21.2 Å². The normalized spacial score (nSPS) is 12.2. The Morgan fingerprint density at radius 2 is 1.95 bits per heavy atom. The largest absolute Gasteiger partial charge is 0.496 e. The van der Waals surface area contributed by atoms with Gasteiger partial charge in [-0.2, -0.15) is 0 Å². The molecule has 1 unspecified atom stereocenters. The Morgan fingerprint density at radius 3 is 2.62 bits per heavy atom. The molecule has 2 rings (SSSR count). The minimum absolute atomic E-state index is 0.311. The fourth-order valence-electron chi connectivity index (χ4n) is 2.30. The number of methoxy groups -OCH3 is 1. The minimum Gasteiger partial charge on any atom is -0.496 e. The summed E-state index contributed by atoms with van der Waals surface area (Å²) < 4.78 is 34.0. The Morgan fingerprint density at radius 1 is 1.19 bits per heavy atom. The van der Waals surface area contributed by atoms with Crippen LogP contribution in [0.15, 0.2) is 40.9 Å². The molecule has 5 heteroatoms. The lowest BCUT2D eigenvalue weighted by atomic mass is 9.97. The van der Waals surface area contributed by atoms with E-state index < -0.39 is 0 Å². The van der Waals surface area contributed by atoms with Crippen LogP contribution in [0.3, 0.4) is 0 Å². The highest BCUT2D eigenvalue weighted by Crippen LogP contribution is 2.31. The summed E-state index contributed by atoms with van der Waals surface area (Å²) in [5, 5.41) is 3.03. The van der Waals surface area contributed by atoms with Gasteiger partial charge >= 0.3 is 0 Å². The van der Waals surface area contributed by atoms with Crippen molar-refractivity contribution >= 4 is 15.9 Å². The molecule has 0 radical (unpaired) electrons. The van der Waals surface area contributed by atoms with E-state index in [4.69, 9.17) is 4.74 Å². The Hall–Kier alpha value is -1.46. The van der Waals surface area contributed by atoms with Gasteiger partial charge in [0.05, 0.1) is 7.11 Å². The summed E-state index contributed by atoms with van der Waals surface area (Å²) in [6.07, 6.45) is 0.319. The first-order valence-electron chi connectivity index (χ1n) is 6.50. The molecule has 0 aromatic heterocycles. The van der Waals surface area contributed by atoms with Crippen LogP contribution in [-0.2, 0) is 6.42 Å². The van der Waals surface area contributed by atoms with Gasteiger partial charge in [-0.25, -0.2) is 8.78 Å². The second-order valence-corrected chi connectivity index (χ2v) is 5.55. The second-order valence-electron chi connectivity index (χ2n) is 4.64. The van der Waals surface area contributed by atoms with Crippen molar-refractivity contribution in [2.75, 3.05) is 14.2 Å². The molecule has 0 fully saturated rings. The molecule has 0 bridgehead atoms. The van der Waals surface area contributed by atoms with Crippen LogP contribution in [0.2, 0.25) is 0 Å². The summed E-state index contributed by atoms with van der Waals surface area (Å²) in [6, 6.07) is 9.00. The number of hydrogen-bond acceptors (Lipinski definition) is 2. The average molecular weight is 356 g/mol. The molecule has 112 valence electrons. The lowest BCUT2D eigenvalue weighted by Crippen LogP contribution is -2.21. The standard InChI is InChI=1S/C16H16BrF2NO/c1-20-14(9-10-8-11(17)6-7-12(10)18)16-13(19)4-3-5-15(16)21-2/h3-8,14,20H,9H2,1-2H3. The molecular weight excluding hydrogens is 340 g/mol. The van der Waals surface area contributed by atoms with Gasteiger partial charge < -0.3 is 10.1 Å². The third kappa shape index (κ3) is 3.60. The van der Waals surface area contributed by atoms with Crippen LogP contribution in [0.5, 0.6) is 5.75 Å². The predicted molar refractivity (Wildman–Crippen MR) is 82.6 cm³/mol. The fourth-order valence-corrected chi connectivity index (χ4v) is 2.71. The number of benzene rings is 2. The SMILES string of the molecule is CNC(Cc1cc(Br)ccc1F)c1c(F)cccc1OC. The van der Waals surface area contributed by atoms with Crippen molar-refractivity contribution in [2.24, 2.45) is 0 Å². The van der Waals surface area contributed by atoms with Crippen LogP contribution in [0.1, 0.15) is 17.2 Å². The monoisotopic (exact) mass is 355 g/mol. The highest BCUT2D eigenvalue weighted by Gasteiger charge is 2.20. The Bertz CT molecular complexity index is 634. The zero-order chi connectivity index (χ0) is 15.4. The lowest BCUT2D eigenvalue weighted by Gasteiger charge is -2.20. The van der Waals surface area contributed by atoms with Crippen molar-refractivity contribution in [2.45, 2.75) is 12.5 Å². The zero-order valence-electron chi connectivity index (χ0n) is 11.8. The summed E-state index contributed by atoms with van der Waals surface area (Å²) in [5.74, 6) is -0.234. The van der Waals surface area contributed by atoms with Crippen LogP contribution in [0.25, 0.3) is 0 Å². The van der Waals surface area contributed by atoms with E-state index in [-0.39, 0.29) is 17.7 Å². The zero-order valence-corrected chi connectivity index (χ0v) is 13.4. The van der Waals surface area contributed by atoms with Gasteiger partial charge in [0.1, 0.15) is 17.4 Å². The number of hydrogen-bond donors (Lipinski definition) is 1. The third-order valence-corrected chi connectivity index (χ3v) is 3.85. The van der Waals surface area contributed by atoms with Gasteiger partial charge in [0.2, 0.25) is 0 Å². The molecule has 0 heterocycles. The first-order valence-corrected chi connectivity index (χ1v) is 7.29. The second kappa shape index (κ2) is 7.00. The molecule has 0 aliphatic heterocycles. The Kier molecular flexibility index (Phi) is 5.31. The third-order valence-electron chi connectivity index (χ3n) is 3.36. The van der Waals surface area contributed by atoms with Gasteiger partial charge in [-0.3, -0.25) is 0 Å². The van der Waals surface area contributed by atoms with Gasteiger partial charge in [-0.15, -0.1) is 0 Å². The van der Waals surface area contributed by atoms with Crippen LogP contribution in [-0.4, -0.2) is 14.2 Å². The highest BCUT2D eigenvalue weighted by molar-refractivity contribution is 9.10. The quantitative estimate of drug-likeness (QED) is 0.865. The molecule has 2 aromatic rings. The summed E-state index contributed by atoms with van der Waals surface area (Å²) >= 11 is 3.32. The molecule has 2 nitrogen and oxygen atoms in total. The predicted octanol–water partition coefficient (Wildman–Crippen LogP) is 4.24. The molecule has 1 N–H and O–H groups in total. The minimum atomic E-state index is -0.384. The van der Waals surface area contributed by atoms with Gasteiger partial charge in [0.15, 0.2) is 0 Å². The average Bonchev–Trinajstić information content (AvgIpc) is 2.48. The number of nitrogens with one attached hydrogen (secondary N) is 1. The fraction of sp³-hybridized carbons (Fsp3) is 0.250. The topological polar surface area (TPSA) is 21.3 Å². The maximum Gasteiger partial charge on any atom is 0.131 e. The first-order chi connectivity index (χ1) is 10.1. The first kappa shape index (κ1) is 15.9. The van der Waals surface area contributed by atoms with Crippen molar-refractivity contribution < 1.29 is 13.5 Å². The van der Waals surface area contributed by atoms with Crippen molar-refractivity contribution in [1.29, 1.82) is 0 Å². The van der Waals surface area contributed by atoms with Gasteiger partial charge in [-0.1, -0.05) is 22.0 Å². The summed E-state index contributed by atoms with van der Waals surface area (Å²) in [7, 11) is 3.21. The number of halogens is 3. The van der Waals surface area contributed by atoms with E-state index in [1.807, 2.05) is 0 Å². The summed E-state index contributed by atoms with van der Waals surface area (Å²) in [5.41, 5.74) is 0.913. The van der Waals surface area contributed by atoms with E-state index in [9.17, 15) is 8.78 Å². The molecule has 0 amide bonds. The van der Waals surface area contributed by atoms with Gasteiger partial charge in [-0.05, 0) is 49.4 Å². The molecule has 1 atom stereocenters. The van der Waals surface area contributed by atoms with E-state index in [0.717, 1.165) is 4.47 Å². The summed E-state index contributed by atoms with van der Waals surface area (Å²) in [4.78, 5) is 0. The molecule has 0 aliphatic rings. The molecule has 0 saturated carbocycles. The van der Waals surface area contributed by atoms with Crippen LogP contribution >= 0.6 is 15.9 Å². The molecule has 0 saturated heterocycles. The van der Waals surface area contributed by atoms with E-state index in [1.165, 1.54) is 19.2 Å². The van der Waals surface area contributed by atoms with Crippen LogP contribution in [0.4, 0.5) is 8.78 Å². The number of likely N-dealkylation sites (N-methyl/N-ethyl adjacent to an activating group) is 1. The van der Waals surface area contributed by atoms with Crippen molar-refractivity contribution in [3.63, 3.8) is 0 Å². The Labute approximate surface area is 131 Å². The van der Waals surface area contributed by atoms with E-state index in [1.54, 1.807) is 31.3 Å². The van der Waals surface area contributed by atoms with E-state index >= 15 is 0 Å². The maximum atomic E-state index is 14.1. The van der Waals surface area contributed by atoms with Crippen molar-refractivity contribution in [3.05, 3.63) is 63.6 Å². The molecule has 0 aliphatic carbocycles. The van der Waals surface area contributed by atoms with Crippen LogP contribution in [0, 0.1) is 11.6 Å². The van der Waals surface area contributed by atoms with Crippen molar-refractivity contribution in [3.8, 4) is 5.75 Å². The van der Waals surface area contributed by atoms with Gasteiger partial charge in [0.25, 0.3) is 0 Å². The maximum absolute atomic E-state index is 14.1. The highest BCUT2D eigenvalue weighted by atomic mass is 79.9. The van der Waals surface area contributed by atoms with Gasteiger partial charge in [0, 0.05) is 16.1 Å². The van der Waals surface area contributed by atoms with E-state index in [0.29, 0.717) is 23.3 Å². The number of ether oxygens (including phenoxy) is 1. The Balaban J connectivity index is 2.39. The smallest absolute Gasteiger partial charge is 0.131 e. The molecular formula is C16H16BrF2NO. The summed E-state index contributed by atoms with van der Waals surface area (Å²) in [6.45, 7) is 0. The molecule has 21 heavy (non-hydrogen) atoms. The van der Waals surface area contributed by atoms with Crippen molar-refractivity contribution in [1.82, 2.24) is 5.32 Å². The molecule has 2 aromatic carbocycles. The van der Waals surface area contributed by atoms with Crippen LogP contribution < -0.4 is 10.1 Å².